The number of sulfonamides is 1. The zero-order valence-corrected chi connectivity index (χ0v) is 15.3. The van der Waals surface area contributed by atoms with Crippen LogP contribution < -0.4 is 5.32 Å². The van der Waals surface area contributed by atoms with Crippen molar-refractivity contribution in [2.45, 2.75) is 18.2 Å². The van der Waals surface area contributed by atoms with Crippen LogP contribution in [0.25, 0.3) is 0 Å². The largest absolute Gasteiger partial charge is 0.322 e. The lowest BCUT2D eigenvalue weighted by molar-refractivity contribution is 0.102. The molecule has 0 saturated carbocycles. The number of nitrogens with zero attached hydrogens (tertiary/aromatic N) is 1. The van der Waals surface area contributed by atoms with Crippen LogP contribution >= 0.6 is 11.6 Å². The van der Waals surface area contributed by atoms with E-state index >= 15 is 0 Å². The summed E-state index contributed by atoms with van der Waals surface area (Å²) in [7, 11) is -0.903. The van der Waals surface area contributed by atoms with Gasteiger partial charge in [0.05, 0.1) is 5.02 Å². The molecule has 2 aromatic rings. The second-order valence-corrected chi connectivity index (χ2v) is 7.96. The minimum Gasteiger partial charge on any atom is -0.322 e. The lowest BCUT2D eigenvalue weighted by Crippen LogP contribution is -2.23. The monoisotopic (exact) mass is 366 g/mol. The molecule has 7 heteroatoms. The predicted octanol–water partition coefficient (Wildman–Crippen LogP) is 3.41. The quantitative estimate of drug-likeness (QED) is 0.881. The van der Waals surface area contributed by atoms with Crippen molar-refractivity contribution in [2.75, 3.05) is 19.4 Å². The van der Waals surface area contributed by atoms with Crippen LogP contribution in [0.3, 0.4) is 0 Å². The van der Waals surface area contributed by atoms with E-state index in [2.05, 4.69) is 5.32 Å². The Morgan fingerprint density at radius 1 is 1.12 bits per heavy atom. The first-order chi connectivity index (χ1) is 11.3. The van der Waals surface area contributed by atoms with Crippen LogP contribution in [0.1, 0.15) is 22.8 Å². The predicted molar refractivity (Wildman–Crippen MR) is 96.1 cm³/mol. The Labute approximate surface area is 147 Å². The summed E-state index contributed by atoms with van der Waals surface area (Å²) < 4.78 is 25.6. The minimum absolute atomic E-state index is 0.0764. The van der Waals surface area contributed by atoms with E-state index in [1.54, 1.807) is 0 Å². The van der Waals surface area contributed by atoms with Gasteiger partial charge in [0, 0.05) is 25.3 Å². The molecule has 1 amide bonds. The third kappa shape index (κ3) is 3.95. The zero-order chi connectivity index (χ0) is 17.9. The lowest BCUT2D eigenvalue weighted by atomic mass is 10.1. The number of benzene rings is 2. The highest BCUT2D eigenvalue weighted by Gasteiger charge is 2.22. The van der Waals surface area contributed by atoms with E-state index in [0.717, 1.165) is 10.7 Å². The lowest BCUT2D eigenvalue weighted by Gasteiger charge is -2.14. The number of anilines is 1. The molecule has 0 bridgehead atoms. The van der Waals surface area contributed by atoms with E-state index < -0.39 is 15.9 Å². The maximum absolute atomic E-state index is 12.4. The molecule has 2 rings (SSSR count). The first-order valence-corrected chi connectivity index (χ1v) is 9.20. The average molecular weight is 367 g/mol. The van der Waals surface area contributed by atoms with E-state index in [1.807, 2.05) is 31.2 Å². The van der Waals surface area contributed by atoms with Gasteiger partial charge < -0.3 is 5.32 Å². The molecular weight excluding hydrogens is 348 g/mol. The summed E-state index contributed by atoms with van der Waals surface area (Å²) in [5, 5.41) is 2.82. The summed E-state index contributed by atoms with van der Waals surface area (Å²) in [6.07, 6.45) is 0.914. The van der Waals surface area contributed by atoms with Crippen LogP contribution in [0.5, 0.6) is 0 Å². The molecule has 0 fully saturated rings. The number of amides is 1. The maximum Gasteiger partial charge on any atom is 0.255 e. The molecule has 2 aromatic carbocycles. The van der Waals surface area contributed by atoms with Crippen LogP contribution in [-0.4, -0.2) is 32.7 Å². The van der Waals surface area contributed by atoms with Crippen molar-refractivity contribution in [3.8, 4) is 0 Å². The Hall–Kier alpha value is -1.89. The highest BCUT2D eigenvalue weighted by atomic mass is 35.5. The molecule has 0 aliphatic carbocycles. The Bertz CT molecular complexity index is 847. The number of halogens is 1. The van der Waals surface area contributed by atoms with Crippen molar-refractivity contribution in [1.82, 2.24) is 4.31 Å². The highest BCUT2D eigenvalue weighted by Crippen LogP contribution is 2.25. The van der Waals surface area contributed by atoms with Gasteiger partial charge in [-0.25, -0.2) is 12.7 Å². The van der Waals surface area contributed by atoms with Crippen molar-refractivity contribution in [1.29, 1.82) is 0 Å². The molecule has 24 heavy (non-hydrogen) atoms. The van der Waals surface area contributed by atoms with Crippen molar-refractivity contribution in [3.05, 3.63) is 58.6 Å². The summed E-state index contributed by atoms with van der Waals surface area (Å²) >= 11 is 5.99. The van der Waals surface area contributed by atoms with Gasteiger partial charge >= 0.3 is 0 Å². The number of hydrogen-bond donors (Lipinski definition) is 1. The van der Waals surface area contributed by atoms with E-state index in [9.17, 15) is 13.2 Å². The maximum atomic E-state index is 12.4. The van der Waals surface area contributed by atoms with Gasteiger partial charge in [0.2, 0.25) is 10.0 Å². The van der Waals surface area contributed by atoms with E-state index in [4.69, 9.17) is 11.6 Å². The molecule has 0 radical (unpaired) electrons. The van der Waals surface area contributed by atoms with Crippen LogP contribution in [0.2, 0.25) is 5.02 Å². The van der Waals surface area contributed by atoms with Gasteiger partial charge in [0.25, 0.3) is 5.91 Å². The van der Waals surface area contributed by atoms with E-state index in [1.165, 1.54) is 37.9 Å². The molecule has 5 nitrogen and oxygen atoms in total. The summed E-state index contributed by atoms with van der Waals surface area (Å²) in [6.45, 7) is 2.05. The Kier molecular flexibility index (Phi) is 5.64. The zero-order valence-electron chi connectivity index (χ0n) is 13.7. The van der Waals surface area contributed by atoms with Crippen LogP contribution in [0.15, 0.2) is 47.4 Å². The molecule has 1 N–H and O–H groups in total. The summed E-state index contributed by atoms with van der Waals surface area (Å²) in [5.41, 5.74) is 2.03. The summed E-state index contributed by atoms with van der Waals surface area (Å²) in [6, 6.07) is 11.7. The third-order valence-corrected chi connectivity index (χ3v) is 5.87. The summed E-state index contributed by atoms with van der Waals surface area (Å²) in [5.74, 6) is -0.397. The van der Waals surface area contributed by atoms with Gasteiger partial charge in [-0.3, -0.25) is 4.79 Å². The van der Waals surface area contributed by atoms with Gasteiger partial charge in [-0.2, -0.15) is 0 Å². The molecule has 0 aliphatic heterocycles. The Morgan fingerprint density at radius 3 is 2.29 bits per heavy atom. The van der Waals surface area contributed by atoms with E-state index in [0.29, 0.717) is 5.69 Å². The number of nitrogens with one attached hydrogen (secondary N) is 1. The normalized spacial score (nSPS) is 11.5. The van der Waals surface area contributed by atoms with Gasteiger partial charge in [-0.15, -0.1) is 0 Å². The number of rotatable bonds is 5. The van der Waals surface area contributed by atoms with E-state index in [-0.39, 0.29) is 15.5 Å². The SMILES string of the molecule is CCc1ccc(NC(=O)c2ccc(Cl)c(S(=O)(=O)N(C)C)c2)cc1. The molecule has 0 heterocycles. The van der Waals surface area contributed by atoms with Crippen molar-refractivity contribution < 1.29 is 13.2 Å². The fourth-order valence-corrected chi connectivity index (χ4v) is 3.46. The minimum atomic E-state index is -3.72. The fourth-order valence-electron chi connectivity index (χ4n) is 2.07. The molecule has 0 aromatic heterocycles. The van der Waals surface area contributed by atoms with Crippen LogP contribution in [0, 0.1) is 0 Å². The van der Waals surface area contributed by atoms with Gasteiger partial charge in [-0.1, -0.05) is 30.7 Å². The van der Waals surface area contributed by atoms with Crippen molar-refractivity contribution in [2.24, 2.45) is 0 Å². The number of hydrogen-bond acceptors (Lipinski definition) is 3. The van der Waals surface area contributed by atoms with Gasteiger partial charge in [0.15, 0.2) is 0 Å². The first kappa shape index (κ1) is 18.4. The van der Waals surface area contributed by atoms with Crippen molar-refractivity contribution in [3.63, 3.8) is 0 Å². The number of carbonyl (C=O) groups is 1. The Morgan fingerprint density at radius 2 is 1.75 bits per heavy atom. The fraction of sp³-hybridized carbons (Fsp3) is 0.235. The van der Waals surface area contributed by atoms with Gasteiger partial charge in [-0.05, 0) is 42.3 Å². The topological polar surface area (TPSA) is 66.5 Å². The second-order valence-electron chi connectivity index (χ2n) is 5.44. The van der Waals surface area contributed by atoms with Gasteiger partial charge in [0.1, 0.15) is 4.90 Å². The molecule has 0 spiro atoms. The molecule has 0 atom stereocenters. The summed E-state index contributed by atoms with van der Waals surface area (Å²) in [4.78, 5) is 12.3. The van der Waals surface area contributed by atoms with Crippen LogP contribution in [0.4, 0.5) is 5.69 Å². The van der Waals surface area contributed by atoms with Crippen LogP contribution in [-0.2, 0) is 16.4 Å². The molecule has 0 saturated heterocycles. The standard InChI is InChI=1S/C17H19ClN2O3S/c1-4-12-5-8-14(9-6-12)19-17(21)13-7-10-15(18)16(11-13)24(22,23)20(2)3/h5-11H,4H2,1-3H3,(H,19,21). The molecule has 0 unspecified atom stereocenters. The molecule has 0 aliphatic rings. The number of carbonyl (C=O) groups excluding carboxylic acids is 1. The number of aryl methyl sites for hydroxylation is 1. The third-order valence-electron chi connectivity index (χ3n) is 3.57. The molecule has 128 valence electrons. The molecular formula is C17H19ClN2O3S. The highest BCUT2D eigenvalue weighted by molar-refractivity contribution is 7.89. The smallest absolute Gasteiger partial charge is 0.255 e. The average Bonchev–Trinajstić information content (AvgIpc) is 2.55. The second kappa shape index (κ2) is 7.34. The van der Waals surface area contributed by atoms with Crippen molar-refractivity contribution >= 4 is 33.2 Å². The Balaban J connectivity index is 2.30. The first-order valence-electron chi connectivity index (χ1n) is 7.38.